The minimum Gasteiger partial charge on any atom is -0.487 e. The molecule has 1 fully saturated rings. The van der Waals surface area contributed by atoms with Gasteiger partial charge in [0, 0.05) is 48.6 Å². The molecular weight excluding hydrogens is 628 g/mol. The van der Waals surface area contributed by atoms with Crippen LogP contribution < -0.4 is 9.64 Å². The van der Waals surface area contributed by atoms with Crippen LogP contribution in [0.3, 0.4) is 0 Å². The van der Waals surface area contributed by atoms with E-state index in [9.17, 15) is 14.3 Å². The quantitative estimate of drug-likeness (QED) is 0.232. The SMILES string of the molecule is Cc1c([C@H](OC(C)(C)C)C(=O)O)c2n3cc(nc3c1C)-c1cccc(c1)-c1cc(F)cc(F)c1O[C@@H](C)CCCCOC1(C)CCN2CC1. The van der Waals surface area contributed by atoms with Gasteiger partial charge >= 0.3 is 5.97 Å². The molecule has 7 rings (SSSR count). The van der Waals surface area contributed by atoms with Crippen molar-refractivity contribution in [2.75, 3.05) is 24.6 Å². The minimum atomic E-state index is -1.22. The minimum absolute atomic E-state index is 0.0151. The summed E-state index contributed by atoms with van der Waals surface area (Å²) in [6.07, 6.45) is 4.26. The number of fused-ring (bicyclic) bond motifs is 8. The Morgan fingerprint density at radius 2 is 1.80 bits per heavy atom. The van der Waals surface area contributed by atoms with Crippen molar-refractivity contribution in [3.05, 3.63) is 70.9 Å². The number of imidazole rings is 1. The first-order chi connectivity index (χ1) is 23.1. The molecule has 1 saturated heterocycles. The molecular formula is C39H47F2N3O5. The van der Waals surface area contributed by atoms with E-state index in [1.165, 1.54) is 6.07 Å². The van der Waals surface area contributed by atoms with Crippen molar-refractivity contribution >= 4 is 17.4 Å². The van der Waals surface area contributed by atoms with E-state index in [0.717, 1.165) is 54.3 Å². The molecule has 0 spiro atoms. The van der Waals surface area contributed by atoms with Gasteiger partial charge in [0.1, 0.15) is 17.3 Å². The summed E-state index contributed by atoms with van der Waals surface area (Å²) >= 11 is 0. The summed E-state index contributed by atoms with van der Waals surface area (Å²) in [6, 6.07) is 9.57. The van der Waals surface area contributed by atoms with Gasteiger partial charge in [-0.3, -0.25) is 4.40 Å². The first-order valence-electron chi connectivity index (χ1n) is 17.2. The molecule has 0 unspecified atom stereocenters. The lowest BCUT2D eigenvalue weighted by Crippen LogP contribution is -2.45. The highest BCUT2D eigenvalue weighted by molar-refractivity contribution is 5.81. The van der Waals surface area contributed by atoms with Crippen LogP contribution in [0, 0.1) is 25.5 Å². The van der Waals surface area contributed by atoms with Crippen LogP contribution >= 0.6 is 0 Å². The average molecular weight is 676 g/mol. The first kappa shape index (κ1) is 34.8. The fourth-order valence-corrected chi connectivity index (χ4v) is 7.02. The lowest BCUT2D eigenvalue weighted by molar-refractivity contribution is -0.160. The Balaban J connectivity index is 1.58. The molecule has 0 saturated carbocycles. The largest absolute Gasteiger partial charge is 0.487 e. The van der Waals surface area contributed by atoms with Gasteiger partial charge in [-0.25, -0.2) is 18.6 Å². The summed E-state index contributed by atoms with van der Waals surface area (Å²) in [5.41, 5.74) is 4.18. The molecule has 8 nitrogen and oxygen atoms in total. The monoisotopic (exact) mass is 675 g/mol. The van der Waals surface area contributed by atoms with E-state index < -0.39 is 29.3 Å². The molecule has 4 aromatic rings. The van der Waals surface area contributed by atoms with Crippen LogP contribution in [0.5, 0.6) is 5.75 Å². The lowest BCUT2D eigenvalue weighted by atomic mass is 9.92. The van der Waals surface area contributed by atoms with Crippen LogP contribution in [0.1, 0.15) is 89.5 Å². The number of ether oxygens (including phenoxy) is 3. The number of hydrogen-bond acceptors (Lipinski definition) is 6. The number of carboxylic acid groups (broad SMARTS) is 1. The fraction of sp³-hybridized carbons (Fsp3) is 0.487. The molecule has 3 aliphatic heterocycles. The highest BCUT2D eigenvalue weighted by Crippen LogP contribution is 2.42. The second-order valence-electron chi connectivity index (χ2n) is 14.8. The maximum absolute atomic E-state index is 15.3. The van der Waals surface area contributed by atoms with Gasteiger partial charge in [0.15, 0.2) is 17.7 Å². The van der Waals surface area contributed by atoms with Crippen LogP contribution in [0.25, 0.3) is 28.0 Å². The van der Waals surface area contributed by atoms with Gasteiger partial charge in [0.2, 0.25) is 0 Å². The van der Waals surface area contributed by atoms with Gasteiger partial charge in [-0.1, -0.05) is 18.2 Å². The van der Waals surface area contributed by atoms with Crippen molar-refractivity contribution < 1.29 is 32.9 Å². The number of anilines is 1. The molecule has 0 aliphatic carbocycles. The Bertz CT molecular complexity index is 1870. The summed E-state index contributed by atoms with van der Waals surface area (Å²) in [6.45, 7) is 15.4. The van der Waals surface area contributed by atoms with E-state index in [4.69, 9.17) is 19.2 Å². The summed E-state index contributed by atoms with van der Waals surface area (Å²) in [5.74, 6) is -1.76. The normalized spacial score (nSPS) is 21.0. The van der Waals surface area contributed by atoms with Gasteiger partial charge in [0.05, 0.1) is 23.0 Å². The number of piperidine rings is 1. The highest BCUT2D eigenvalue weighted by atomic mass is 19.1. The smallest absolute Gasteiger partial charge is 0.337 e. The molecule has 2 atom stereocenters. The number of halogens is 2. The molecule has 6 bridgehead atoms. The predicted octanol–water partition coefficient (Wildman–Crippen LogP) is 8.83. The van der Waals surface area contributed by atoms with Gasteiger partial charge < -0.3 is 24.2 Å². The fourth-order valence-electron chi connectivity index (χ4n) is 7.02. The summed E-state index contributed by atoms with van der Waals surface area (Å²) in [7, 11) is 0. The maximum atomic E-state index is 15.3. The van der Waals surface area contributed by atoms with Crippen LogP contribution in [-0.2, 0) is 14.3 Å². The van der Waals surface area contributed by atoms with Crippen LogP contribution in [0.4, 0.5) is 14.6 Å². The van der Waals surface area contributed by atoms with Gasteiger partial charge in [-0.15, -0.1) is 0 Å². The zero-order valence-corrected chi connectivity index (χ0v) is 29.5. The Kier molecular flexibility index (Phi) is 9.50. The summed E-state index contributed by atoms with van der Waals surface area (Å²) < 4.78 is 50.9. The molecule has 10 heteroatoms. The number of aromatic nitrogens is 2. The maximum Gasteiger partial charge on any atom is 0.337 e. The molecule has 0 radical (unpaired) electrons. The van der Waals surface area contributed by atoms with Crippen LogP contribution in [0.2, 0.25) is 0 Å². The summed E-state index contributed by atoms with van der Waals surface area (Å²) in [5, 5.41) is 10.6. The number of carbonyl (C=O) groups is 1. The molecule has 3 aliphatic rings. The molecule has 2 aromatic heterocycles. The van der Waals surface area contributed by atoms with Crippen molar-refractivity contribution in [3.8, 4) is 28.1 Å². The standard InChI is InChI=1S/C39H47F2N3O5/c1-23-11-8-9-18-47-39(7)14-16-43(17-15-39)36-32(34(37(45)46)49-38(4,5)6)24(2)25(3)35-42-31(22-44(35)36)27-13-10-12-26(19-27)29-20-28(40)21-30(41)33(29)48-23/h10,12-13,19-23,34H,8-9,11,14-18H2,1-7H3,(H,45,46)/t23-,34-/m0/s1. The van der Waals surface area contributed by atoms with E-state index in [1.54, 1.807) is 6.07 Å². The number of rotatable bonds is 3. The van der Waals surface area contributed by atoms with E-state index in [2.05, 4.69) is 11.8 Å². The molecule has 0 amide bonds. The molecule has 5 heterocycles. The highest BCUT2D eigenvalue weighted by Gasteiger charge is 2.38. The molecule has 49 heavy (non-hydrogen) atoms. The summed E-state index contributed by atoms with van der Waals surface area (Å²) in [4.78, 5) is 20.3. The van der Waals surface area contributed by atoms with Gasteiger partial charge in [0.25, 0.3) is 0 Å². The average Bonchev–Trinajstić information content (AvgIpc) is 3.48. The number of aryl methyl sites for hydroxylation is 1. The third-order valence-corrected chi connectivity index (χ3v) is 9.81. The molecule has 2 aromatic carbocycles. The number of benzene rings is 2. The predicted molar refractivity (Wildman–Crippen MR) is 186 cm³/mol. The lowest BCUT2D eigenvalue weighted by Gasteiger charge is -2.42. The van der Waals surface area contributed by atoms with Crippen LogP contribution in [0.15, 0.2) is 42.6 Å². The zero-order valence-electron chi connectivity index (χ0n) is 29.5. The Morgan fingerprint density at radius 3 is 2.49 bits per heavy atom. The number of aliphatic carboxylic acids is 1. The number of pyridine rings is 1. The Hall–Kier alpha value is -4.02. The number of nitrogens with zero attached hydrogens (tertiary/aromatic N) is 3. The number of hydrogen-bond donors (Lipinski definition) is 1. The molecule has 1 N–H and O–H groups in total. The molecule has 262 valence electrons. The second-order valence-corrected chi connectivity index (χ2v) is 14.8. The van der Waals surface area contributed by atoms with Crippen LogP contribution in [-0.4, -0.2) is 57.5 Å². The zero-order chi connectivity index (χ0) is 35.2. The first-order valence-corrected chi connectivity index (χ1v) is 17.2. The third-order valence-electron chi connectivity index (χ3n) is 9.81. The Morgan fingerprint density at radius 1 is 1.08 bits per heavy atom. The number of carboxylic acids is 1. The van der Waals surface area contributed by atoms with Gasteiger partial charge in [-0.05, 0) is 109 Å². The van der Waals surface area contributed by atoms with Gasteiger partial charge in [-0.2, -0.15) is 0 Å². The van der Waals surface area contributed by atoms with E-state index in [-0.39, 0.29) is 17.5 Å². The second kappa shape index (κ2) is 13.4. The van der Waals surface area contributed by atoms with Crippen molar-refractivity contribution in [2.24, 2.45) is 0 Å². The van der Waals surface area contributed by atoms with Crippen molar-refractivity contribution in [1.29, 1.82) is 0 Å². The van der Waals surface area contributed by atoms with E-state index in [0.29, 0.717) is 54.1 Å². The van der Waals surface area contributed by atoms with Crippen molar-refractivity contribution in [2.45, 2.75) is 104 Å². The Labute approximate surface area is 287 Å². The van der Waals surface area contributed by atoms with Crippen molar-refractivity contribution in [1.82, 2.24) is 9.38 Å². The van der Waals surface area contributed by atoms with Crippen molar-refractivity contribution in [3.63, 3.8) is 0 Å². The van der Waals surface area contributed by atoms with E-state index in [1.807, 2.05) is 70.3 Å². The third kappa shape index (κ3) is 7.17. The van der Waals surface area contributed by atoms with E-state index >= 15 is 4.39 Å². The topological polar surface area (TPSA) is 85.5 Å².